The maximum atomic E-state index is 9.10. The van der Waals surface area contributed by atoms with Gasteiger partial charge in [0.05, 0.1) is 6.61 Å². The molecule has 2 aliphatic rings. The van der Waals surface area contributed by atoms with Gasteiger partial charge in [-0.05, 0) is 46.9 Å². The number of rotatable bonds is 5. The third-order valence-electron chi connectivity index (χ3n) is 5.60. The first-order valence-corrected chi connectivity index (χ1v) is 11.4. The Hall–Kier alpha value is -1.30. The van der Waals surface area contributed by atoms with Crippen molar-refractivity contribution >= 4 is 28.9 Å². The number of fused-ring (bicyclic) bond motifs is 2. The minimum Gasteiger partial charge on any atom is -0.395 e. The monoisotopic (exact) mass is 414 g/mol. The topological polar surface area (TPSA) is 26.7 Å². The highest BCUT2D eigenvalue weighted by Crippen LogP contribution is 2.41. The highest BCUT2D eigenvalue weighted by molar-refractivity contribution is 7.98. The molecule has 0 radical (unpaired) electrons. The molecule has 0 bridgehead atoms. The Balaban J connectivity index is 1.52. The number of thioether (sulfide) groups is 1. The molecule has 0 unspecified atom stereocenters. The van der Waals surface area contributed by atoms with Crippen molar-refractivity contribution in [3.63, 3.8) is 0 Å². The SMILES string of the molecule is OCCN1CCN(CCC=C2c3ccccc3CSc3ccc(Cl)cc32)CC1. The van der Waals surface area contributed by atoms with E-state index in [1.807, 2.05) is 17.8 Å². The van der Waals surface area contributed by atoms with E-state index in [0.29, 0.717) is 0 Å². The van der Waals surface area contributed by atoms with Crippen LogP contribution in [0, 0.1) is 0 Å². The Morgan fingerprint density at radius 3 is 2.50 bits per heavy atom. The fourth-order valence-electron chi connectivity index (χ4n) is 4.04. The lowest BCUT2D eigenvalue weighted by Gasteiger charge is -2.34. The van der Waals surface area contributed by atoms with Crippen molar-refractivity contribution in [1.29, 1.82) is 0 Å². The van der Waals surface area contributed by atoms with Crippen LogP contribution in [-0.2, 0) is 5.75 Å². The Bertz CT molecular complexity index is 846. The number of aliphatic hydroxyl groups excluding tert-OH is 1. The third kappa shape index (κ3) is 4.64. The van der Waals surface area contributed by atoms with Crippen LogP contribution in [-0.4, -0.2) is 60.8 Å². The van der Waals surface area contributed by atoms with E-state index in [9.17, 15) is 0 Å². The predicted octanol–water partition coefficient (Wildman–Crippen LogP) is 4.38. The maximum Gasteiger partial charge on any atom is 0.0558 e. The third-order valence-corrected chi connectivity index (χ3v) is 6.95. The van der Waals surface area contributed by atoms with Crippen LogP contribution >= 0.6 is 23.4 Å². The van der Waals surface area contributed by atoms with Crippen molar-refractivity contribution < 1.29 is 5.11 Å². The normalized spacial score (nSPS) is 19.3. The molecule has 3 nitrogen and oxygen atoms in total. The first-order chi connectivity index (χ1) is 13.7. The largest absolute Gasteiger partial charge is 0.395 e. The molecule has 1 saturated heterocycles. The first-order valence-electron chi connectivity index (χ1n) is 10.0. The average Bonchev–Trinajstić information content (AvgIpc) is 2.87. The minimum atomic E-state index is 0.255. The highest BCUT2D eigenvalue weighted by atomic mass is 35.5. The van der Waals surface area contributed by atoms with Gasteiger partial charge in [0.1, 0.15) is 0 Å². The van der Waals surface area contributed by atoms with Gasteiger partial charge in [-0.15, -0.1) is 11.8 Å². The molecular formula is C23H27ClN2OS. The molecule has 0 saturated carbocycles. The van der Waals surface area contributed by atoms with Crippen LogP contribution in [0.5, 0.6) is 0 Å². The Labute approximate surface area is 177 Å². The lowest BCUT2D eigenvalue weighted by Crippen LogP contribution is -2.47. The van der Waals surface area contributed by atoms with Crippen LogP contribution in [0.15, 0.2) is 53.4 Å². The molecule has 0 spiro atoms. The summed E-state index contributed by atoms with van der Waals surface area (Å²) in [6.07, 6.45) is 3.43. The summed E-state index contributed by atoms with van der Waals surface area (Å²) in [6, 6.07) is 15.0. The number of benzene rings is 2. The quantitative estimate of drug-likeness (QED) is 0.785. The zero-order valence-electron chi connectivity index (χ0n) is 16.1. The van der Waals surface area contributed by atoms with E-state index in [-0.39, 0.29) is 6.61 Å². The molecule has 2 aliphatic heterocycles. The second-order valence-electron chi connectivity index (χ2n) is 7.40. The van der Waals surface area contributed by atoms with E-state index in [4.69, 9.17) is 16.7 Å². The van der Waals surface area contributed by atoms with Crippen molar-refractivity contribution in [2.45, 2.75) is 17.1 Å². The molecule has 2 heterocycles. The van der Waals surface area contributed by atoms with Gasteiger partial charge in [0.15, 0.2) is 0 Å². The summed E-state index contributed by atoms with van der Waals surface area (Å²) in [7, 11) is 0. The number of halogens is 1. The average molecular weight is 415 g/mol. The summed E-state index contributed by atoms with van der Waals surface area (Å²) in [5.41, 5.74) is 5.31. The first kappa shape index (κ1) is 20.0. The van der Waals surface area contributed by atoms with E-state index in [1.54, 1.807) is 0 Å². The van der Waals surface area contributed by atoms with Gasteiger partial charge >= 0.3 is 0 Å². The maximum absolute atomic E-state index is 9.10. The molecule has 2 aromatic carbocycles. The molecule has 2 aromatic rings. The van der Waals surface area contributed by atoms with Gasteiger partial charge in [-0.25, -0.2) is 0 Å². The van der Waals surface area contributed by atoms with Crippen LogP contribution < -0.4 is 0 Å². The van der Waals surface area contributed by atoms with Gasteiger partial charge < -0.3 is 10.0 Å². The van der Waals surface area contributed by atoms with Crippen LogP contribution in [0.3, 0.4) is 0 Å². The summed E-state index contributed by atoms with van der Waals surface area (Å²) < 4.78 is 0. The molecular weight excluding hydrogens is 388 g/mol. The number of hydrogen-bond donors (Lipinski definition) is 1. The molecule has 0 aliphatic carbocycles. The van der Waals surface area contributed by atoms with Gasteiger partial charge in [0.25, 0.3) is 0 Å². The Kier molecular flexibility index (Phi) is 6.76. The second kappa shape index (κ2) is 9.47. The summed E-state index contributed by atoms with van der Waals surface area (Å²) in [4.78, 5) is 6.18. The second-order valence-corrected chi connectivity index (χ2v) is 8.85. The number of piperazine rings is 1. The minimum absolute atomic E-state index is 0.255. The molecule has 0 atom stereocenters. The van der Waals surface area contributed by atoms with E-state index >= 15 is 0 Å². The van der Waals surface area contributed by atoms with E-state index in [0.717, 1.165) is 56.5 Å². The van der Waals surface area contributed by atoms with Crippen molar-refractivity contribution in [2.75, 3.05) is 45.9 Å². The van der Waals surface area contributed by atoms with Crippen LogP contribution in [0.25, 0.3) is 5.57 Å². The van der Waals surface area contributed by atoms with E-state index in [2.05, 4.69) is 52.3 Å². The number of β-amino-alcohol motifs (C(OH)–C–C–N with tert-alkyl or cyclic N) is 1. The number of hydrogen-bond acceptors (Lipinski definition) is 4. The fraction of sp³-hybridized carbons (Fsp3) is 0.391. The van der Waals surface area contributed by atoms with Crippen LogP contribution in [0.2, 0.25) is 5.02 Å². The predicted molar refractivity (Wildman–Crippen MR) is 119 cm³/mol. The van der Waals surface area contributed by atoms with Crippen molar-refractivity contribution in [3.8, 4) is 0 Å². The van der Waals surface area contributed by atoms with Gasteiger partial charge in [-0.2, -0.15) is 0 Å². The molecule has 1 N–H and O–H groups in total. The molecule has 5 heteroatoms. The Morgan fingerprint density at radius 1 is 0.964 bits per heavy atom. The molecule has 1 fully saturated rings. The molecule has 148 valence electrons. The molecule has 4 rings (SSSR count). The lowest BCUT2D eigenvalue weighted by molar-refractivity contribution is 0.114. The summed E-state index contributed by atoms with van der Waals surface area (Å²) in [5.74, 6) is 0.995. The number of aliphatic hydroxyl groups is 1. The summed E-state index contributed by atoms with van der Waals surface area (Å²) in [6.45, 7) is 6.39. The zero-order chi connectivity index (χ0) is 19.3. The van der Waals surface area contributed by atoms with Gasteiger partial charge in [0, 0.05) is 54.9 Å². The highest BCUT2D eigenvalue weighted by Gasteiger charge is 2.19. The van der Waals surface area contributed by atoms with Gasteiger partial charge in [-0.3, -0.25) is 4.90 Å². The standard InChI is InChI=1S/C23H27ClN2OS/c24-19-7-8-23-22(16-19)21(20-5-2-1-4-18(20)17-28-23)6-3-9-25-10-12-26(13-11-25)14-15-27/h1-2,4-8,16,27H,3,9-15,17H2. The van der Waals surface area contributed by atoms with E-state index in [1.165, 1.54) is 27.2 Å². The smallest absolute Gasteiger partial charge is 0.0558 e. The van der Waals surface area contributed by atoms with Gasteiger partial charge in [0.2, 0.25) is 0 Å². The van der Waals surface area contributed by atoms with Crippen LogP contribution in [0.1, 0.15) is 23.1 Å². The van der Waals surface area contributed by atoms with Gasteiger partial charge in [-0.1, -0.05) is 41.9 Å². The number of nitrogens with zero attached hydrogens (tertiary/aromatic N) is 2. The Morgan fingerprint density at radius 2 is 1.71 bits per heavy atom. The van der Waals surface area contributed by atoms with Crippen molar-refractivity contribution in [3.05, 3.63) is 70.3 Å². The summed E-state index contributed by atoms with van der Waals surface area (Å²) in [5, 5.41) is 9.89. The molecule has 28 heavy (non-hydrogen) atoms. The molecule has 0 amide bonds. The van der Waals surface area contributed by atoms with Crippen LogP contribution in [0.4, 0.5) is 0 Å². The fourth-order valence-corrected chi connectivity index (χ4v) is 5.26. The molecule has 0 aromatic heterocycles. The van der Waals surface area contributed by atoms with E-state index < -0.39 is 0 Å². The lowest BCUT2D eigenvalue weighted by atomic mass is 9.93. The zero-order valence-corrected chi connectivity index (χ0v) is 17.7. The summed E-state index contributed by atoms with van der Waals surface area (Å²) >= 11 is 8.25. The van der Waals surface area contributed by atoms with Crippen molar-refractivity contribution in [1.82, 2.24) is 9.80 Å². The van der Waals surface area contributed by atoms with Crippen molar-refractivity contribution in [2.24, 2.45) is 0 Å².